The highest BCUT2D eigenvalue weighted by molar-refractivity contribution is 5.90. The van der Waals surface area contributed by atoms with Gasteiger partial charge in [-0.25, -0.2) is 9.78 Å². The lowest BCUT2D eigenvalue weighted by Gasteiger charge is -2.31. The Balaban J connectivity index is 1.62. The Hall–Kier alpha value is -2.92. The molecule has 4 rings (SSSR count). The second-order valence-corrected chi connectivity index (χ2v) is 6.83. The standard InChI is InChI=1S/C22H23N3O2/c1-27-22(26)17-10-5-9-16(13-17)19-14-24-21(25-19)20-18(11-6-12-23-20)15-7-3-2-4-8-15/h2-5,7-10,13-14,18,20,23H,6,11-12H2,1H3,(H,24,25)/t18-,20-/m0/s1. The van der Waals surface area contributed by atoms with E-state index in [0.29, 0.717) is 11.5 Å². The van der Waals surface area contributed by atoms with E-state index in [1.165, 1.54) is 12.7 Å². The first-order valence-corrected chi connectivity index (χ1v) is 9.28. The van der Waals surface area contributed by atoms with Gasteiger partial charge in [-0.3, -0.25) is 0 Å². The number of hydrogen-bond acceptors (Lipinski definition) is 4. The predicted octanol–water partition coefficient (Wildman–Crippen LogP) is 4.07. The molecule has 0 spiro atoms. The number of aromatic nitrogens is 2. The molecule has 2 atom stereocenters. The van der Waals surface area contributed by atoms with E-state index in [0.717, 1.165) is 36.5 Å². The molecule has 0 aliphatic carbocycles. The zero-order valence-corrected chi connectivity index (χ0v) is 15.3. The van der Waals surface area contributed by atoms with Crippen LogP contribution in [0.4, 0.5) is 0 Å². The van der Waals surface area contributed by atoms with Crippen LogP contribution in [0.5, 0.6) is 0 Å². The molecule has 5 heteroatoms. The van der Waals surface area contributed by atoms with Crippen LogP contribution in [0.2, 0.25) is 0 Å². The monoisotopic (exact) mass is 361 g/mol. The lowest BCUT2D eigenvalue weighted by molar-refractivity contribution is 0.0601. The Morgan fingerprint density at radius 2 is 2.00 bits per heavy atom. The molecule has 1 fully saturated rings. The van der Waals surface area contributed by atoms with Gasteiger partial charge in [-0.1, -0.05) is 42.5 Å². The molecule has 27 heavy (non-hydrogen) atoms. The minimum Gasteiger partial charge on any atom is -0.465 e. The first-order chi connectivity index (χ1) is 13.3. The lowest BCUT2D eigenvalue weighted by atomic mass is 9.84. The second-order valence-electron chi connectivity index (χ2n) is 6.83. The van der Waals surface area contributed by atoms with Crippen molar-refractivity contribution < 1.29 is 9.53 Å². The van der Waals surface area contributed by atoms with Crippen molar-refractivity contribution in [3.05, 3.63) is 77.7 Å². The van der Waals surface area contributed by atoms with E-state index in [9.17, 15) is 4.79 Å². The zero-order valence-electron chi connectivity index (χ0n) is 15.3. The normalized spacial score (nSPS) is 19.6. The second kappa shape index (κ2) is 7.76. The maximum Gasteiger partial charge on any atom is 0.337 e. The summed E-state index contributed by atoms with van der Waals surface area (Å²) in [5.74, 6) is 0.980. The van der Waals surface area contributed by atoms with Crippen LogP contribution in [-0.4, -0.2) is 29.6 Å². The fourth-order valence-electron chi connectivity index (χ4n) is 3.80. The Morgan fingerprint density at radius 1 is 1.15 bits per heavy atom. The fraction of sp³-hybridized carbons (Fsp3) is 0.273. The summed E-state index contributed by atoms with van der Waals surface area (Å²) in [6.45, 7) is 0.988. The topological polar surface area (TPSA) is 67.0 Å². The van der Waals surface area contributed by atoms with Crippen LogP contribution in [0.25, 0.3) is 11.3 Å². The highest BCUT2D eigenvalue weighted by atomic mass is 16.5. The highest BCUT2D eigenvalue weighted by Crippen LogP contribution is 2.36. The number of aromatic amines is 1. The molecule has 0 saturated carbocycles. The number of carbonyl (C=O) groups is 1. The van der Waals surface area contributed by atoms with Gasteiger partial charge < -0.3 is 15.0 Å². The summed E-state index contributed by atoms with van der Waals surface area (Å²) in [6.07, 6.45) is 4.20. The maximum atomic E-state index is 11.8. The van der Waals surface area contributed by atoms with Crippen molar-refractivity contribution in [2.45, 2.75) is 24.8 Å². The van der Waals surface area contributed by atoms with Crippen molar-refractivity contribution in [1.29, 1.82) is 0 Å². The predicted molar refractivity (Wildman–Crippen MR) is 105 cm³/mol. The number of benzene rings is 2. The molecule has 2 aromatic carbocycles. The van der Waals surface area contributed by atoms with Gasteiger partial charge in [0.15, 0.2) is 0 Å². The molecule has 5 nitrogen and oxygen atoms in total. The molecule has 1 aliphatic rings. The molecular weight excluding hydrogens is 338 g/mol. The summed E-state index contributed by atoms with van der Waals surface area (Å²) in [5.41, 5.74) is 3.58. The van der Waals surface area contributed by atoms with Gasteiger partial charge in [0.2, 0.25) is 0 Å². The first kappa shape index (κ1) is 17.5. The van der Waals surface area contributed by atoms with Crippen LogP contribution in [0, 0.1) is 0 Å². The fourth-order valence-corrected chi connectivity index (χ4v) is 3.80. The SMILES string of the molecule is COC(=O)c1cccc(-c2c[nH]c([C@H]3NCCC[C@H]3c3ccccc3)n2)c1. The van der Waals surface area contributed by atoms with Gasteiger partial charge >= 0.3 is 5.97 Å². The van der Waals surface area contributed by atoms with E-state index in [-0.39, 0.29) is 12.0 Å². The van der Waals surface area contributed by atoms with Crippen LogP contribution in [0.15, 0.2) is 60.8 Å². The quantitative estimate of drug-likeness (QED) is 0.688. The third kappa shape index (κ3) is 3.64. The summed E-state index contributed by atoms with van der Waals surface area (Å²) < 4.78 is 4.81. The van der Waals surface area contributed by atoms with Crippen LogP contribution >= 0.6 is 0 Å². The number of H-pyrrole nitrogens is 1. The van der Waals surface area contributed by atoms with Crippen molar-refractivity contribution in [1.82, 2.24) is 15.3 Å². The number of ether oxygens (including phenoxy) is 1. The molecule has 2 N–H and O–H groups in total. The molecule has 2 heterocycles. The number of nitrogens with zero attached hydrogens (tertiary/aromatic N) is 1. The first-order valence-electron chi connectivity index (χ1n) is 9.28. The summed E-state index contributed by atoms with van der Waals surface area (Å²) >= 11 is 0. The van der Waals surface area contributed by atoms with E-state index in [2.05, 4.69) is 34.6 Å². The van der Waals surface area contributed by atoms with Crippen molar-refractivity contribution in [2.24, 2.45) is 0 Å². The Bertz CT molecular complexity index is 920. The maximum absolute atomic E-state index is 11.8. The van der Waals surface area contributed by atoms with Gasteiger partial charge in [-0.05, 0) is 37.1 Å². The third-order valence-electron chi connectivity index (χ3n) is 5.16. The average molecular weight is 361 g/mol. The molecule has 1 aromatic heterocycles. The smallest absolute Gasteiger partial charge is 0.337 e. The van der Waals surface area contributed by atoms with Gasteiger partial charge in [0.25, 0.3) is 0 Å². The van der Waals surface area contributed by atoms with E-state index >= 15 is 0 Å². The highest BCUT2D eigenvalue weighted by Gasteiger charge is 2.29. The van der Waals surface area contributed by atoms with Gasteiger partial charge in [0.05, 0.1) is 24.4 Å². The summed E-state index contributed by atoms with van der Waals surface area (Å²) in [5, 5.41) is 3.62. The van der Waals surface area contributed by atoms with E-state index < -0.39 is 0 Å². The zero-order chi connectivity index (χ0) is 18.6. The van der Waals surface area contributed by atoms with Crippen LogP contribution in [0.1, 0.15) is 46.5 Å². The van der Waals surface area contributed by atoms with Crippen molar-refractivity contribution >= 4 is 5.97 Å². The number of piperidine rings is 1. The largest absolute Gasteiger partial charge is 0.465 e. The summed E-state index contributed by atoms with van der Waals surface area (Å²) in [7, 11) is 1.39. The molecule has 0 unspecified atom stereocenters. The molecule has 0 bridgehead atoms. The Labute approximate surface area is 158 Å². The number of esters is 1. The summed E-state index contributed by atoms with van der Waals surface area (Å²) in [6, 6.07) is 18.1. The van der Waals surface area contributed by atoms with Gasteiger partial charge in [-0.2, -0.15) is 0 Å². The molecule has 0 radical (unpaired) electrons. The lowest BCUT2D eigenvalue weighted by Crippen LogP contribution is -2.33. The van der Waals surface area contributed by atoms with Crippen molar-refractivity contribution in [2.75, 3.05) is 13.7 Å². The Kier molecular flexibility index (Phi) is 5.03. The van der Waals surface area contributed by atoms with Crippen LogP contribution < -0.4 is 5.32 Å². The van der Waals surface area contributed by atoms with E-state index in [1.807, 2.05) is 30.5 Å². The number of hydrogen-bond donors (Lipinski definition) is 2. The number of nitrogens with one attached hydrogen (secondary N) is 2. The van der Waals surface area contributed by atoms with Gasteiger partial charge in [-0.15, -0.1) is 0 Å². The van der Waals surface area contributed by atoms with E-state index in [4.69, 9.17) is 9.72 Å². The molecule has 1 aliphatic heterocycles. The molecular formula is C22H23N3O2. The number of rotatable bonds is 4. The number of imidazole rings is 1. The average Bonchev–Trinajstić information content (AvgIpc) is 3.24. The third-order valence-corrected chi connectivity index (χ3v) is 5.16. The van der Waals surface area contributed by atoms with Crippen LogP contribution in [0.3, 0.4) is 0 Å². The van der Waals surface area contributed by atoms with Crippen LogP contribution in [-0.2, 0) is 4.74 Å². The summed E-state index contributed by atoms with van der Waals surface area (Å²) in [4.78, 5) is 20.0. The van der Waals surface area contributed by atoms with Crippen molar-refractivity contribution in [3.8, 4) is 11.3 Å². The van der Waals surface area contributed by atoms with Gasteiger partial charge in [0, 0.05) is 17.7 Å². The van der Waals surface area contributed by atoms with Gasteiger partial charge in [0.1, 0.15) is 5.82 Å². The number of methoxy groups -OCH3 is 1. The molecule has 138 valence electrons. The molecule has 0 amide bonds. The Morgan fingerprint density at radius 3 is 2.81 bits per heavy atom. The molecule has 3 aromatic rings. The minimum atomic E-state index is -0.342. The van der Waals surface area contributed by atoms with Crippen molar-refractivity contribution in [3.63, 3.8) is 0 Å². The molecule has 1 saturated heterocycles. The number of carbonyl (C=O) groups excluding carboxylic acids is 1. The van der Waals surface area contributed by atoms with E-state index in [1.54, 1.807) is 6.07 Å². The minimum absolute atomic E-state index is 0.152.